The number of carbonyl (C=O) groups is 1. The van der Waals surface area contributed by atoms with E-state index in [4.69, 9.17) is 4.74 Å². The third-order valence-corrected chi connectivity index (χ3v) is 6.59. The third kappa shape index (κ3) is 5.06. The first kappa shape index (κ1) is 22.4. The highest BCUT2D eigenvalue weighted by molar-refractivity contribution is 7.92. The van der Waals surface area contributed by atoms with Crippen LogP contribution >= 0.6 is 0 Å². The number of aryl methyl sites for hydroxylation is 1. The van der Waals surface area contributed by atoms with Crippen molar-refractivity contribution >= 4 is 21.6 Å². The number of hydrogen-bond donors (Lipinski definition) is 1. The summed E-state index contributed by atoms with van der Waals surface area (Å²) >= 11 is 0. The Bertz CT molecular complexity index is 1190. The van der Waals surface area contributed by atoms with Gasteiger partial charge in [-0.15, -0.1) is 0 Å². The zero-order chi connectivity index (χ0) is 22.6. The molecule has 3 aromatic rings. The molecule has 0 saturated heterocycles. The van der Waals surface area contributed by atoms with E-state index in [-0.39, 0.29) is 10.8 Å². The van der Waals surface area contributed by atoms with Crippen LogP contribution in [-0.2, 0) is 16.6 Å². The van der Waals surface area contributed by atoms with Gasteiger partial charge in [0.05, 0.1) is 17.7 Å². The lowest BCUT2D eigenvalue weighted by molar-refractivity contribution is 0.0784. The first-order chi connectivity index (χ1) is 14.7. The van der Waals surface area contributed by atoms with Crippen molar-refractivity contribution in [3.05, 3.63) is 89.0 Å². The number of hydrogen-bond acceptors (Lipinski definition) is 4. The van der Waals surface area contributed by atoms with Crippen LogP contribution in [0.15, 0.2) is 71.6 Å². The van der Waals surface area contributed by atoms with Crippen molar-refractivity contribution in [2.75, 3.05) is 18.9 Å². The zero-order valence-electron chi connectivity index (χ0n) is 18.0. The molecule has 6 nitrogen and oxygen atoms in total. The maximum Gasteiger partial charge on any atom is 0.261 e. The molecule has 162 valence electrons. The molecule has 0 bridgehead atoms. The highest BCUT2D eigenvalue weighted by atomic mass is 32.2. The maximum atomic E-state index is 12.8. The van der Waals surface area contributed by atoms with E-state index in [1.165, 1.54) is 24.3 Å². The topological polar surface area (TPSA) is 75.7 Å². The Balaban J connectivity index is 1.75. The Hall–Kier alpha value is -3.32. The van der Waals surface area contributed by atoms with Crippen molar-refractivity contribution in [1.29, 1.82) is 0 Å². The van der Waals surface area contributed by atoms with E-state index in [0.29, 0.717) is 23.5 Å². The summed E-state index contributed by atoms with van der Waals surface area (Å²) in [5.74, 6) is 0.499. The minimum atomic E-state index is -3.76. The van der Waals surface area contributed by atoms with Crippen LogP contribution in [0.3, 0.4) is 0 Å². The SMILES string of the molecule is COc1ccccc1CN(C)C(=O)c1ccc(S(=O)(=O)Nc2cccc(C)c2C)cc1. The standard InChI is InChI=1S/C24H26N2O4S/c1-17-8-7-10-22(18(17)2)25-31(28,29)21-14-12-19(13-15-21)24(27)26(3)16-20-9-5-6-11-23(20)30-4/h5-15,25H,16H2,1-4H3. The van der Waals surface area contributed by atoms with Gasteiger partial charge in [0.25, 0.3) is 15.9 Å². The fraction of sp³-hybridized carbons (Fsp3) is 0.208. The molecule has 0 aliphatic carbocycles. The minimum absolute atomic E-state index is 0.0948. The summed E-state index contributed by atoms with van der Waals surface area (Å²) in [6.45, 7) is 4.17. The van der Waals surface area contributed by atoms with Crippen LogP contribution in [0.4, 0.5) is 5.69 Å². The lowest BCUT2D eigenvalue weighted by Gasteiger charge is -2.19. The first-order valence-corrected chi connectivity index (χ1v) is 11.3. The molecule has 0 aliphatic heterocycles. The first-order valence-electron chi connectivity index (χ1n) is 9.79. The molecule has 1 amide bonds. The van der Waals surface area contributed by atoms with Gasteiger partial charge in [0.1, 0.15) is 5.75 Å². The molecule has 0 atom stereocenters. The van der Waals surface area contributed by atoms with Gasteiger partial charge in [0, 0.05) is 24.7 Å². The van der Waals surface area contributed by atoms with Crippen molar-refractivity contribution in [2.24, 2.45) is 0 Å². The summed E-state index contributed by atoms with van der Waals surface area (Å²) in [5.41, 5.74) is 3.70. The van der Waals surface area contributed by atoms with E-state index in [9.17, 15) is 13.2 Å². The zero-order valence-corrected chi connectivity index (χ0v) is 18.9. The van der Waals surface area contributed by atoms with Crippen LogP contribution in [0.5, 0.6) is 5.75 Å². The molecule has 0 fully saturated rings. The van der Waals surface area contributed by atoms with Crippen molar-refractivity contribution in [1.82, 2.24) is 4.90 Å². The van der Waals surface area contributed by atoms with Crippen LogP contribution in [-0.4, -0.2) is 33.4 Å². The number of ether oxygens (including phenoxy) is 1. The Labute approximate surface area is 183 Å². The van der Waals surface area contributed by atoms with E-state index >= 15 is 0 Å². The third-order valence-electron chi connectivity index (χ3n) is 5.21. The lowest BCUT2D eigenvalue weighted by atomic mass is 10.1. The Morgan fingerprint density at radius 1 is 0.968 bits per heavy atom. The van der Waals surface area contributed by atoms with Gasteiger partial charge >= 0.3 is 0 Å². The number of benzene rings is 3. The number of sulfonamides is 1. The summed E-state index contributed by atoms with van der Waals surface area (Å²) in [7, 11) is -0.479. The quantitative estimate of drug-likeness (QED) is 0.594. The van der Waals surface area contributed by atoms with Crippen molar-refractivity contribution in [3.63, 3.8) is 0 Å². The predicted octanol–water partition coefficient (Wildman–Crippen LogP) is 4.39. The fourth-order valence-electron chi connectivity index (χ4n) is 3.22. The average molecular weight is 439 g/mol. The fourth-order valence-corrected chi connectivity index (χ4v) is 4.35. The van der Waals surface area contributed by atoms with Gasteiger partial charge in [0.15, 0.2) is 0 Å². The monoisotopic (exact) mass is 438 g/mol. The molecule has 31 heavy (non-hydrogen) atoms. The second-order valence-electron chi connectivity index (χ2n) is 7.35. The molecule has 0 aliphatic rings. The number of para-hydroxylation sites is 1. The minimum Gasteiger partial charge on any atom is -0.496 e. The molecule has 0 spiro atoms. The van der Waals surface area contributed by atoms with Crippen LogP contribution < -0.4 is 9.46 Å². The average Bonchev–Trinajstić information content (AvgIpc) is 2.76. The lowest BCUT2D eigenvalue weighted by Crippen LogP contribution is -2.26. The van der Waals surface area contributed by atoms with Crippen LogP contribution in [0.2, 0.25) is 0 Å². The van der Waals surface area contributed by atoms with Gasteiger partial charge in [-0.2, -0.15) is 0 Å². The number of methoxy groups -OCH3 is 1. The molecule has 3 rings (SSSR count). The number of nitrogens with zero attached hydrogens (tertiary/aromatic N) is 1. The summed E-state index contributed by atoms with van der Waals surface area (Å²) in [6.07, 6.45) is 0. The van der Waals surface area contributed by atoms with Gasteiger partial charge in [0.2, 0.25) is 0 Å². The smallest absolute Gasteiger partial charge is 0.261 e. The highest BCUT2D eigenvalue weighted by Crippen LogP contribution is 2.23. The molecule has 0 saturated carbocycles. The summed E-state index contributed by atoms with van der Waals surface area (Å²) in [5, 5.41) is 0. The normalized spacial score (nSPS) is 11.1. The van der Waals surface area contributed by atoms with Crippen LogP contribution in [0.1, 0.15) is 27.0 Å². The molecule has 0 radical (unpaired) electrons. The largest absolute Gasteiger partial charge is 0.496 e. The summed E-state index contributed by atoms with van der Waals surface area (Å²) in [6, 6.07) is 18.9. The highest BCUT2D eigenvalue weighted by Gasteiger charge is 2.18. The summed E-state index contributed by atoms with van der Waals surface area (Å²) in [4.78, 5) is 14.5. The van der Waals surface area contributed by atoms with E-state index in [2.05, 4.69) is 4.72 Å². The van der Waals surface area contributed by atoms with Gasteiger partial charge in [-0.3, -0.25) is 9.52 Å². The van der Waals surface area contributed by atoms with Crippen LogP contribution in [0, 0.1) is 13.8 Å². The number of anilines is 1. The molecular formula is C24H26N2O4S. The van der Waals surface area contributed by atoms with Gasteiger partial charge in [-0.25, -0.2) is 8.42 Å². The Morgan fingerprint density at radius 3 is 2.32 bits per heavy atom. The Kier molecular flexibility index (Phi) is 6.65. The van der Waals surface area contributed by atoms with E-state index in [0.717, 1.165) is 16.7 Å². The molecule has 0 unspecified atom stereocenters. The van der Waals surface area contributed by atoms with Crippen molar-refractivity contribution in [2.45, 2.75) is 25.3 Å². The second-order valence-corrected chi connectivity index (χ2v) is 9.03. The second kappa shape index (κ2) is 9.22. The number of rotatable bonds is 7. The molecule has 3 aromatic carbocycles. The molecule has 0 aromatic heterocycles. The van der Waals surface area contributed by atoms with Crippen molar-refractivity contribution in [3.8, 4) is 5.75 Å². The van der Waals surface area contributed by atoms with Crippen molar-refractivity contribution < 1.29 is 17.9 Å². The number of carbonyl (C=O) groups excluding carboxylic acids is 1. The van der Waals surface area contributed by atoms with E-state index in [1.807, 2.05) is 44.2 Å². The van der Waals surface area contributed by atoms with Crippen LogP contribution in [0.25, 0.3) is 0 Å². The number of amides is 1. The molecular weight excluding hydrogens is 412 g/mol. The predicted molar refractivity (Wildman–Crippen MR) is 122 cm³/mol. The summed E-state index contributed by atoms with van der Waals surface area (Å²) < 4.78 is 33.5. The van der Waals surface area contributed by atoms with Gasteiger partial charge in [-0.05, 0) is 61.4 Å². The Morgan fingerprint density at radius 2 is 1.65 bits per heavy atom. The molecule has 1 N–H and O–H groups in total. The maximum absolute atomic E-state index is 12.8. The van der Waals surface area contributed by atoms with Gasteiger partial charge in [-0.1, -0.05) is 30.3 Å². The molecule has 7 heteroatoms. The number of nitrogens with one attached hydrogen (secondary N) is 1. The van der Waals surface area contributed by atoms with E-state index in [1.54, 1.807) is 31.2 Å². The van der Waals surface area contributed by atoms with E-state index < -0.39 is 10.0 Å². The molecule has 0 heterocycles. The van der Waals surface area contributed by atoms with Gasteiger partial charge < -0.3 is 9.64 Å².